The number of carbonyl (C=O) groups excluding carboxylic acids is 3. The van der Waals surface area contributed by atoms with Crippen LogP contribution >= 0.6 is 0 Å². The first kappa shape index (κ1) is 28.2. The summed E-state index contributed by atoms with van der Waals surface area (Å²) in [6.07, 6.45) is 0.372. The number of nitrogens with one attached hydrogen (secondary N) is 3. The largest absolute Gasteiger partial charge is 0.508 e. The van der Waals surface area contributed by atoms with E-state index in [1.165, 1.54) is 38.1 Å². The van der Waals surface area contributed by atoms with Crippen LogP contribution in [-0.2, 0) is 25.6 Å². The van der Waals surface area contributed by atoms with E-state index in [-0.39, 0.29) is 31.1 Å². The average molecular weight is 480 g/mol. The van der Waals surface area contributed by atoms with E-state index in [2.05, 4.69) is 20.9 Å². The van der Waals surface area contributed by atoms with Gasteiger partial charge in [-0.3, -0.25) is 19.4 Å². The fourth-order valence-electron chi connectivity index (χ4n) is 2.82. The van der Waals surface area contributed by atoms with Crippen LogP contribution in [-0.4, -0.2) is 70.6 Å². The summed E-state index contributed by atoms with van der Waals surface area (Å²) >= 11 is 0. The monoisotopic (exact) mass is 479 g/mol. The molecule has 0 saturated heterocycles. The van der Waals surface area contributed by atoms with E-state index in [4.69, 9.17) is 17.2 Å². The first-order chi connectivity index (χ1) is 15.9. The van der Waals surface area contributed by atoms with Crippen LogP contribution in [0.15, 0.2) is 29.3 Å². The Balaban J connectivity index is 2.92. The maximum absolute atomic E-state index is 12.9. The van der Waals surface area contributed by atoms with Crippen molar-refractivity contribution in [1.29, 1.82) is 0 Å². The molecule has 4 atom stereocenters. The SMILES string of the molecule is CC(N)C(=O)NC(C)C(=O)NC(CCCN=C(N)N)C(=O)NC(Cc1ccc(O)cc1)C(=O)O. The van der Waals surface area contributed by atoms with Crippen molar-refractivity contribution < 1.29 is 29.4 Å². The van der Waals surface area contributed by atoms with Crippen molar-refractivity contribution in [2.75, 3.05) is 6.54 Å². The molecule has 3 amide bonds. The van der Waals surface area contributed by atoms with Gasteiger partial charge in [0.1, 0.15) is 23.9 Å². The molecule has 34 heavy (non-hydrogen) atoms. The number of aliphatic imine (C=N–C) groups is 1. The van der Waals surface area contributed by atoms with E-state index < -0.39 is 47.9 Å². The molecule has 1 aromatic carbocycles. The molecule has 13 heteroatoms. The second-order valence-corrected chi connectivity index (χ2v) is 7.80. The summed E-state index contributed by atoms with van der Waals surface area (Å²) in [6, 6.07) is 1.66. The summed E-state index contributed by atoms with van der Waals surface area (Å²) in [6.45, 7) is 3.07. The third-order valence-corrected chi connectivity index (χ3v) is 4.73. The van der Waals surface area contributed by atoms with Gasteiger partial charge in [0.2, 0.25) is 17.7 Å². The number of carboxylic acid groups (broad SMARTS) is 1. The summed E-state index contributed by atoms with van der Waals surface area (Å²) in [4.78, 5) is 52.7. The van der Waals surface area contributed by atoms with Crippen molar-refractivity contribution in [1.82, 2.24) is 16.0 Å². The minimum absolute atomic E-state index is 0.0217. The number of nitrogens with two attached hydrogens (primary N) is 3. The fourth-order valence-corrected chi connectivity index (χ4v) is 2.82. The quantitative estimate of drug-likeness (QED) is 0.0876. The van der Waals surface area contributed by atoms with Gasteiger partial charge in [-0.1, -0.05) is 12.1 Å². The zero-order valence-electron chi connectivity index (χ0n) is 19.2. The lowest BCUT2D eigenvalue weighted by Gasteiger charge is -2.23. The number of aromatic hydroxyl groups is 1. The summed E-state index contributed by atoms with van der Waals surface area (Å²) in [7, 11) is 0. The fraction of sp³-hybridized carbons (Fsp3) is 0.476. The Morgan fingerprint density at radius 3 is 2.06 bits per heavy atom. The van der Waals surface area contributed by atoms with Crippen LogP contribution in [0.2, 0.25) is 0 Å². The van der Waals surface area contributed by atoms with Crippen LogP contribution in [0.5, 0.6) is 5.75 Å². The highest BCUT2D eigenvalue weighted by Crippen LogP contribution is 2.12. The zero-order chi connectivity index (χ0) is 25.8. The molecule has 1 rings (SSSR count). The molecule has 0 spiro atoms. The van der Waals surface area contributed by atoms with Gasteiger partial charge < -0.3 is 43.4 Å². The molecule has 0 aliphatic carbocycles. The number of phenols is 1. The van der Waals surface area contributed by atoms with Gasteiger partial charge >= 0.3 is 5.97 Å². The number of hydrogen-bond acceptors (Lipinski definition) is 7. The van der Waals surface area contributed by atoms with Crippen LogP contribution in [0.1, 0.15) is 32.3 Å². The summed E-state index contributed by atoms with van der Waals surface area (Å²) < 4.78 is 0. The normalized spacial score (nSPS) is 14.1. The molecule has 0 fully saturated rings. The van der Waals surface area contributed by atoms with E-state index in [1.807, 2.05) is 0 Å². The number of aliphatic carboxylic acids is 1. The van der Waals surface area contributed by atoms with E-state index in [9.17, 15) is 29.4 Å². The molecule has 13 nitrogen and oxygen atoms in total. The lowest BCUT2D eigenvalue weighted by atomic mass is 10.0. The zero-order valence-corrected chi connectivity index (χ0v) is 19.2. The predicted octanol–water partition coefficient (Wildman–Crippen LogP) is -2.11. The van der Waals surface area contributed by atoms with Crippen LogP contribution in [0.25, 0.3) is 0 Å². The smallest absolute Gasteiger partial charge is 0.326 e. The van der Waals surface area contributed by atoms with E-state index in [0.717, 1.165) is 0 Å². The number of carbonyl (C=O) groups is 4. The van der Waals surface area contributed by atoms with Crippen LogP contribution in [0.4, 0.5) is 0 Å². The molecule has 188 valence electrons. The minimum atomic E-state index is -1.29. The standard InChI is InChI=1S/C21H33N7O6/c1-11(22)17(30)26-12(2)18(31)27-15(4-3-9-25-21(23)24)19(32)28-16(20(33)34)10-13-5-7-14(29)8-6-13/h5-8,11-12,15-16,29H,3-4,9-10,22H2,1-2H3,(H,26,30)(H,27,31)(H,28,32)(H,33,34)(H4,23,24,25). The molecule has 11 N–H and O–H groups in total. The second kappa shape index (κ2) is 13.6. The van der Waals surface area contributed by atoms with Gasteiger partial charge in [-0.25, -0.2) is 4.79 Å². The van der Waals surface area contributed by atoms with Crippen LogP contribution < -0.4 is 33.2 Å². The number of amides is 3. The Labute approximate surface area is 197 Å². The highest BCUT2D eigenvalue weighted by atomic mass is 16.4. The molecule has 0 aliphatic rings. The molecule has 4 unspecified atom stereocenters. The van der Waals surface area contributed by atoms with Gasteiger partial charge in [0.05, 0.1) is 6.04 Å². The molecule has 1 aromatic rings. The number of hydrogen-bond donors (Lipinski definition) is 8. The predicted molar refractivity (Wildman–Crippen MR) is 124 cm³/mol. The summed E-state index contributed by atoms with van der Waals surface area (Å²) in [5, 5.41) is 26.3. The third kappa shape index (κ3) is 10.2. The maximum atomic E-state index is 12.9. The number of carboxylic acids is 1. The molecule has 0 radical (unpaired) electrons. The molecule has 0 aromatic heterocycles. The first-order valence-corrected chi connectivity index (χ1v) is 10.6. The van der Waals surface area contributed by atoms with Crippen molar-refractivity contribution in [3.8, 4) is 5.75 Å². The maximum Gasteiger partial charge on any atom is 0.326 e. The third-order valence-electron chi connectivity index (χ3n) is 4.73. The number of phenolic OH excluding ortho intramolecular Hbond substituents is 1. The van der Waals surface area contributed by atoms with Crippen molar-refractivity contribution in [3.63, 3.8) is 0 Å². The van der Waals surface area contributed by atoms with Gasteiger partial charge in [0.15, 0.2) is 5.96 Å². The number of nitrogens with zero attached hydrogens (tertiary/aromatic N) is 1. The molecule has 0 bridgehead atoms. The lowest BCUT2D eigenvalue weighted by Crippen LogP contribution is -2.56. The molecular formula is C21H33N7O6. The highest BCUT2D eigenvalue weighted by Gasteiger charge is 2.28. The van der Waals surface area contributed by atoms with E-state index in [1.54, 1.807) is 0 Å². The van der Waals surface area contributed by atoms with Gasteiger partial charge in [0, 0.05) is 13.0 Å². The first-order valence-electron chi connectivity index (χ1n) is 10.6. The Morgan fingerprint density at radius 2 is 1.53 bits per heavy atom. The van der Waals surface area contributed by atoms with Crippen molar-refractivity contribution in [3.05, 3.63) is 29.8 Å². The van der Waals surface area contributed by atoms with Gasteiger partial charge in [0.25, 0.3) is 0 Å². The molecule has 0 aliphatic heterocycles. The van der Waals surface area contributed by atoms with Gasteiger partial charge in [-0.15, -0.1) is 0 Å². The number of guanidine groups is 1. The number of rotatable bonds is 13. The lowest BCUT2D eigenvalue weighted by molar-refractivity contribution is -0.142. The van der Waals surface area contributed by atoms with Crippen molar-refractivity contribution >= 4 is 29.7 Å². The van der Waals surface area contributed by atoms with Crippen molar-refractivity contribution in [2.24, 2.45) is 22.2 Å². The minimum Gasteiger partial charge on any atom is -0.508 e. The van der Waals surface area contributed by atoms with Gasteiger partial charge in [-0.05, 0) is 44.4 Å². The Morgan fingerprint density at radius 1 is 0.941 bits per heavy atom. The van der Waals surface area contributed by atoms with Crippen LogP contribution in [0.3, 0.4) is 0 Å². The number of benzene rings is 1. The molecule has 0 heterocycles. The average Bonchev–Trinajstić information content (AvgIpc) is 2.76. The topological polar surface area (TPSA) is 235 Å². The molecule has 0 saturated carbocycles. The van der Waals surface area contributed by atoms with Gasteiger partial charge in [-0.2, -0.15) is 0 Å². The second-order valence-electron chi connectivity index (χ2n) is 7.80. The van der Waals surface area contributed by atoms with Crippen LogP contribution in [0, 0.1) is 0 Å². The van der Waals surface area contributed by atoms with Crippen molar-refractivity contribution in [2.45, 2.75) is 57.3 Å². The Bertz CT molecular complexity index is 884. The van der Waals surface area contributed by atoms with E-state index in [0.29, 0.717) is 12.0 Å². The molecular weight excluding hydrogens is 446 g/mol. The highest BCUT2D eigenvalue weighted by molar-refractivity contribution is 5.93. The Kier molecular flexibility index (Phi) is 11.3. The van der Waals surface area contributed by atoms with E-state index >= 15 is 0 Å². The summed E-state index contributed by atoms with van der Waals surface area (Å²) in [5.41, 5.74) is 16.6. The Hall–Kier alpha value is -3.87. The summed E-state index contributed by atoms with van der Waals surface area (Å²) in [5.74, 6) is -3.30.